The molecule has 3 aromatic rings. The van der Waals surface area contributed by atoms with Crippen molar-refractivity contribution in [3.8, 4) is 0 Å². The number of fused-ring (bicyclic) bond motifs is 5. The van der Waals surface area contributed by atoms with Gasteiger partial charge in [-0.25, -0.2) is 19.3 Å². The number of aromatic nitrogens is 4. The molecule has 0 fully saturated rings. The summed E-state index contributed by atoms with van der Waals surface area (Å²) in [5, 5.41) is 14.0. The van der Waals surface area contributed by atoms with Crippen LogP contribution in [-0.4, -0.2) is 30.7 Å². The number of carboxylic acids is 1. The van der Waals surface area contributed by atoms with E-state index >= 15 is 0 Å². The van der Waals surface area contributed by atoms with Gasteiger partial charge in [0.15, 0.2) is 11.5 Å². The highest BCUT2D eigenvalue weighted by atomic mass is 32.1. The highest BCUT2D eigenvalue weighted by Crippen LogP contribution is 2.36. The zero-order valence-corrected chi connectivity index (χ0v) is 11.9. The third-order valence-electron chi connectivity index (χ3n) is 3.68. The molecule has 106 valence electrons. The number of nitrogens with zero attached hydrogens (tertiary/aromatic N) is 4. The summed E-state index contributed by atoms with van der Waals surface area (Å²) in [6, 6.07) is 0. The van der Waals surface area contributed by atoms with E-state index in [1.807, 2.05) is 0 Å². The van der Waals surface area contributed by atoms with Crippen LogP contribution in [0.1, 0.15) is 29.1 Å². The minimum Gasteiger partial charge on any atom is -0.478 e. The van der Waals surface area contributed by atoms with Crippen molar-refractivity contribution in [2.24, 2.45) is 0 Å². The average molecular weight is 300 g/mol. The van der Waals surface area contributed by atoms with Crippen LogP contribution in [0.3, 0.4) is 0 Å². The van der Waals surface area contributed by atoms with Gasteiger partial charge in [-0.15, -0.1) is 16.4 Å². The molecule has 0 aromatic carbocycles. The quantitative estimate of drug-likeness (QED) is 0.735. The maximum Gasteiger partial charge on any atom is 0.328 e. The SMILES string of the molecule is O=C(O)/C=C\c1nc2c3c4c(sc3ncn2n1)CCCC4. The molecule has 0 spiro atoms. The van der Waals surface area contributed by atoms with E-state index in [9.17, 15) is 4.79 Å². The molecule has 7 heteroatoms. The lowest BCUT2D eigenvalue weighted by Crippen LogP contribution is -1.99. The van der Waals surface area contributed by atoms with Crippen molar-refractivity contribution in [1.82, 2.24) is 19.6 Å². The molecule has 3 aromatic heterocycles. The van der Waals surface area contributed by atoms with Crippen LogP contribution in [0.2, 0.25) is 0 Å². The van der Waals surface area contributed by atoms with E-state index in [4.69, 9.17) is 5.11 Å². The topological polar surface area (TPSA) is 80.4 Å². The Labute approximate surface area is 123 Å². The van der Waals surface area contributed by atoms with Crippen LogP contribution in [-0.2, 0) is 17.6 Å². The first-order chi connectivity index (χ1) is 10.2. The molecule has 0 atom stereocenters. The Balaban J connectivity index is 1.95. The van der Waals surface area contributed by atoms with Crippen molar-refractivity contribution in [2.75, 3.05) is 0 Å². The zero-order chi connectivity index (χ0) is 14.4. The minimum atomic E-state index is -1.01. The molecule has 0 unspecified atom stereocenters. The van der Waals surface area contributed by atoms with E-state index < -0.39 is 5.97 Å². The highest BCUT2D eigenvalue weighted by Gasteiger charge is 2.20. The summed E-state index contributed by atoms with van der Waals surface area (Å²) in [5.41, 5.74) is 2.12. The Bertz CT molecular complexity index is 893. The van der Waals surface area contributed by atoms with E-state index in [0.29, 0.717) is 5.82 Å². The molecular formula is C14H12N4O2S. The van der Waals surface area contributed by atoms with Crippen LogP contribution >= 0.6 is 11.3 Å². The molecule has 6 nitrogen and oxygen atoms in total. The lowest BCUT2D eigenvalue weighted by atomic mass is 9.97. The second kappa shape index (κ2) is 4.63. The summed E-state index contributed by atoms with van der Waals surface area (Å²) in [6.45, 7) is 0. The molecule has 0 radical (unpaired) electrons. The summed E-state index contributed by atoms with van der Waals surface area (Å²) in [6.07, 6.45) is 8.69. The molecule has 4 rings (SSSR count). The van der Waals surface area contributed by atoms with Gasteiger partial charge in [-0.05, 0) is 37.3 Å². The van der Waals surface area contributed by atoms with Gasteiger partial charge in [0.05, 0.1) is 5.39 Å². The van der Waals surface area contributed by atoms with E-state index in [0.717, 1.165) is 34.8 Å². The third-order valence-corrected chi connectivity index (χ3v) is 4.88. The van der Waals surface area contributed by atoms with Gasteiger partial charge in [-0.3, -0.25) is 0 Å². The van der Waals surface area contributed by atoms with Crippen molar-refractivity contribution >= 4 is 39.2 Å². The first-order valence-electron chi connectivity index (χ1n) is 6.79. The second-order valence-electron chi connectivity index (χ2n) is 5.05. The molecule has 3 heterocycles. The lowest BCUT2D eigenvalue weighted by molar-refractivity contribution is -0.131. The Kier molecular flexibility index (Phi) is 2.75. The van der Waals surface area contributed by atoms with Crippen LogP contribution in [0.15, 0.2) is 12.4 Å². The number of rotatable bonds is 2. The van der Waals surface area contributed by atoms with Crippen molar-refractivity contribution in [3.63, 3.8) is 0 Å². The predicted octanol–water partition coefficient (Wildman–Crippen LogP) is 2.32. The molecule has 1 aliphatic rings. The second-order valence-corrected chi connectivity index (χ2v) is 6.13. The average Bonchev–Trinajstić information content (AvgIpc) is 3.04. The molecular weight excluding hydrogens is 288 g/mol. The van der Waals surface area contributed by atoms with Gasteiger partial charge < -0.3 is 5.11 Å². The van der Waals surface area contributed by atoms with Crippen LogP contribution in [0.4, 0.5) is 0 Å². The summed E-state index contributed by atoms with van der Waals surface area (Å²) >= 11 is 1.74. The van der Waals surface area contributed by atoms with Crippen molar-refractivity contribution in [1.29, 1.82) is 0 Å². The molecule has 0 saturated heterocycles. The molecule has 1 N–H and O–H groups in total. The predicted molar refractivity (Wildman–Crippen MR) is 79.5 cm³/mol. The Morgan fingerprint density at radius 2 is 2.24 bits per heavy atom. The van der Waals surface area contributed by atoms with Gasteiger partial charge in [0.25, 0.3) is 0 Å². The minimum absolute atomic E-state index is 0.391. The highest BCUT2D eigenvalue weighted by molar-refractivity contribution is 7.19. The number of hydrogen-bond acceptors (Lipinski definition) is 5. The summed E-state index contributed by atoms with van der Waals surface area (Å²) in [7, 11) is 0. The third kappa shape index (κ3) is 2.01. The normalized spacial score (nSPS) is 15.0. The zero-order valence-electron chi connectivity index (χ0n) is 11.1. The van der Waals surface area contributed by atoms with Crippen molar-refractivity contribution in [2.45, 2.75) is 25.7 Å². The Hall–Kier alpha value is -2.28. The number of aliphatic carboxylic acids is 1. The van der Waals surface area contributed by atoms with Crippen LogP contribution in [0.25, 0.3) is 21.9 Å². The van der Waals surface area contributed by atoms with E-state index in [2.05, 4.69) is 15.1 Å². The number of carbonyl (C=O) groups is 1. The fraction of sp³-hybridized carbons (Fsp3) is 0.286. The number of aryl methyl sites for hydroxylation is 2. The van der Waals surface area contributed by atoms with Gasteiger partial charge >= 0.3 is 5.97 Å². The van der Waals surface area contributed by atoms with Gasteiger partial charge in [-0.1, -0.05) is 0 Å². The standard InChI is InChI=1S/C14H12N4O2S/c19-11(20)6-5-10-16-13-12-8-3-1-2-4-9(8)21-14(12)15-7-18(13)17-10/h5-7H,1-4H2,(H,19,20)/b6-5-. The van der Waals surface area contributed by atoms with Crippen LogP contribution < -0.4 is 0 Å². The van der Waals surface area contributed by atoms with E-state index in [-0.39, 0.29) is 0 Å². The molecule has 1 aliphatic carbocycles. The fourth-order valence-corrected chi connectivity index (χ4v) is 4.01. The Morgan fingerprint density at radius 1 is 1.38 bits per heavy atom. The lowest BCUT2D eigenvalue weighted by Gasteiger charge is -2.09. The summed E-state index contributed by atoms with van der Waals surface area (Å²) in [4.78, 5) is 21.9. The fourth-order valence-electron chi connectivity index (χ4n) is 2.79. The van der Waals surface area contributed by atoms with Gasteiger partial charge in [0.1, 0.15) is 11.2 Å². The maximum atomic E-state index is 10.6. The van der Waals surface area contributed by atoms with Crippen molar-refractivity contribution in [3.05, 3.63) is 28.7 Å². The smallest absolute Gasteiger partial charge is 0.328 e. The molecule has 0 saturated carbocycles. The maximum absolute atomic E-state index is 10.6. The largest absolute Gasteiger partial charge is 0.478 e. The van der Waals surface area contributed by atoms with Gasteiger partial charge in [0.2, 0.25) is 0 Å². The Morgan fingerprint density at radius 3 is 3.10 bits per heavy atom. The first-order valence-corrected chi connectivity index (χ1v) is 7.60. The molecule has 0 bridgehead atoms. The van der Waals surface area contributed by atoms with E-state index in [1.54, 1.807) is 22.2 Å². The molecule has 21 heavy (non-hydrogen) atoms. The monoisotopic (exact) mass is 300 g/mol. The first kappa shape index (κ1) is 12.5. The molecule has 0 aliphatic heterocycles. The van der Waals surface area contributed by atoms with Gasteiger partial charge in [-0.2, -0.15) is 0 Å². The number of carboxylic acid groups (broad SMARTS) is 1. The van der Waals surface area contributed by atoms with Gasteiger partial charge in [0, 0.05) is 11.0 Å². The summed E-state index contributed by atoms with van der Waals surface area (Å²) in [5.74, 6) is -0.618. The molecule has 0 amide bonds. The number of hydrogen-bond donors (Lipinski definition) is 1. The van der Waals surface area contributed by atoms with Crippen LogP contribution in [0.5, 0.6) is 0 Å². The van der Waals surface area contributed by atoms with Crippen molar-refractivity contribution < 1.29 is 9.90 Å². The van der Waals surface area contributed by atoms with Crippen LogP contribution in [0, 0.1) is 0 Å². The number of thiophene rings is 1. The summed E-state index contributed by atoms with van der Waals surface area (Å²) < 4.78 is 1.63. The van der Waals surface area contributed by atoms with E-state index in [1.165, 1.54) is 29.4 Å².